The van der Waals surface area contributed by atoms with Gasteiger partial charge in [0.25, 0.3) is 0 Å². The molecular weight excluding hydrogens is 341 g/mol. The van der Waals surface area contributed by atoms with Gasteiger partial charge in [0.1, 0.15) is 5.82 Å². The van der Waals surface area contributed by atoms with Gasteiger partial charge in [-0.25, -0.2) is 4.39 Å². The zero-order valence-electron chi connectivity index (χ0n) is 11.2. The Morgan fingerprint density at radius 1 is 1.20 bits per heavy atom. The molecule has 0 heterocycles. The van der Waals surface area contributed by atoms with Gasteiger partial charge in [0.15, 0.2) is 0 Å². The van der Waals surface area contributed by atoms with E-state index in [9.17, 15) is 4.39 Å². The molecule has 0 saturated carbocycles. The van der Waals surface area contributed by atoms with Gasteiger partial charge in [-0.05, 0) is 30.7 Å². The van der Waals surface area contributed by atoms with E-state index in [2.05, 4.69) is 21.2 Å². The predicted molar refractivity (Wildman–Crippen MR) is 85.5 cm³/mol. The van der Waals surface area contributed by atoms with Crippen LogP contribution in [0.1, 0.15) is 18.1 Å². The monoisotopic (exact) mass is 355 g/mol. The van der Waals surface area contributed by atoms with Crippen molar-refractivity contribution in [3.63, 3.8) is 0 Å². The van der Waals surface area contributed by atoms with Gasteiger partial charge in [0.05, 0.1) is 5.54 Å². The van der Waals surface area contributed by atoms with E-state index < -0.39 is 5.54 Å². The molecule has 0 aliphatic rings. The lowest BCUT2D eigenvalue weighted by atomic mass is 9.94. The Labute approximate surface area is 132 Å². The Balaban J connectivity index is 2.17. The van der Waals surface area contributed by atoms with Crippen molar-refractivity contribution in [1.82, 2.24) is 5.32 Å². The van der Waals surface area contributed by atoms with Crippen molar-refractivity contribution >= 4 is 27.5 Å². The van der Waals surface area contributed by atoms with Gasteiger partial charge in [-0.1, -0.05) is 46.3 Å². The average molecular weight is 357 g/mol. The second-order valence-electron chi connectivity index (χ2n) is 4.92. The Morgan fingerprint density at radius 2 is 1.90 bits per heavy atom. The number of halogens is 3. The van der Waals surface area contributed by atoms with E-state index in [0.717, 1.165) is 10.0 Å². The summed E-state index contributed by atoms with van der Waals surface area (Å²) in [5.74, 6) is 0.192. The molecule has 1 nitrogen and oxygen atoms in total. The summed E-state index contributed by atoms with van der Waals surface area (Å²) >= 11 is 9.47. The van der Waals surface area contributed by atoms with Crippen LogP contribution in [0.5, 0.6) is 0 Å². The van der Waals surface area contributed by atoms with Crippen LogP contribution in [-0.2, 0) is 12.1 Å². The van der Waals surface area contributed by atoms with Gasteiger partial charge < -0.3 is 5.32 Å². The summed E-state index contributed by atoms with van der Waals surface area (Å²) < 4.78 is 14.6. The molecule has 0 radical (unpaired) electrons. The number of rotatable bonds is 5. The normalized spacial score (nSPS) is 14.0. The summed E-state index contributed by atoms with van der Waals surface area (Å²) in [5.41, 5.74) is 1.31. The highest BCUT2D eigenvalue weighted by Crippen LogP contribution is 2.24. The maximum absolute atomic E-state index is 13.8. The molecule has 0 amide bonds. The van der Waals surface area contributed by atoms with E-state index in [4.69, 9.17) is 11.6 Å². The SMILES string of the molecule is CC(CCl)(NCc1cc(Br)ccc1F)c1ccccc1. The van der Waals surface area contributed by atoms with Crippen molar-refractivity contribution in [3.05, 3.63) is 69.9 Å². The molecule has 4 heteroatoms. The first-order chi connectivity index (χ1) is 9.55. The highest BCUT2D eigenvalue weighted by molar-refractivity contribution is 9.10. The van der Waals surface area contributed by atoms with E-state index >= 15 is 0 Å². The highest BCUT2D eigenvalue weighted by atomic mass is 79.9. The van der Waals surface area contributed by atoms with E-state index in [0.29, 0.717) is 18.0 Å². The number of benzene rings is 2. The van der Waals surface area contributed by atoms with Crippen molar-refractivity contribution in [2.75, 3.05) is 5.88 Å². The largest absolute Gasteiger partial charge is 0.302 e. The second kappa shape index (κ2) is 6.70. The number of hydrogen-bond acceptors (Lipinski definition) is 1. The van der Waals surface area contributed by atoms with Crippen LogP contribution in [0.4, 0.5) is 4.39 Å². The summed E-state index contributed by atoms with van der Waals surface area (Å²) in [5, 5.41) is 3.35. The number of hydrogen-bond donors (Lipinski definition) is 1. The summed E-state index contributed by atoms with van der Waals surface area (Å²) in [6.45, 7) is 2.44. The number of alkyl halides is 1. The van der Waals surface area contributed by atoms with Crippen LogP contribution >= 0.6 is 27.5 Å². The van der Waals surface area contributed by atoms with Crippen LogP contribution in [-0.4, -0.2) is 5.88 Å². The summed E-state index contributed by atoms with van der Waals surface area (Å²) in [7, 11) is 0. The molecule has 2 aromatic carbocycles. The molecule has 1 unspecified atom stereocenters. The molecule has 0 aromatic heterocycles. The molecule has 1 N–H and O–H groups in total. The van der Waals surface area contributed by atoms with Crippen LogP contribution in [0, 0.1) is 5.82 Å². The smallest absolute Gasteiger partial charge is 0.127 e. The topological polar surface area (TPSA) is 12.0 Å². The molecule has 0 aliphatic carbocycles. The lowest BCUT2D eigenvalue weighted by Crippen LogP contribution is -2.41. The van der Waals surface area contributed by atoms with E-state index in [1.54, 1.807) is 12.1 Å². The molecule has 0 aliphatic heterocycles. The zero-order valence-corrected chi connectivity index (χ0v) is 13.5. The maximum atomic E-state index is 13.8. The maximum Gasteiger partial charge on any atom is 0.127 e. The third-order valence-electron chi connectivity index (χ3n) is 3.35. The molecule has 1 atom stereocenters. The molecule has 0 spiro atoms. The van der Waals surface area contributed by atoms with E-state index in [1.807, 2.05) is 37.3 Å². The fraction of sp³-hybridized carbons (Fsp3) is 0.250. The molecule has 20 heavy (non-hydrogen) atoms. The van der Waals surface area contributed by atoms with Crippen molar-refractivity contribution in [1.29, 1.82) is 0 Å². The first kappa shape index (κ1) is 15.5. The molecule has 2 aromatic rings. The van der Waals surface area contributed by atoms with Gasteiger partial charge in [-0.15, -0.1) is 11.6 Å². The minimum Gasteiger partial charge on any atom is -0.302 e. The Hall–Kier alpha value is -0.900. The molecular formula is C16H16BrClFN. The van der Waals surface area contributed by atoms with Gasteiger partial charge in [0.2, 0.25) is 0 Å². The van der Waals surface area contributed by atoms with Crippen LogP contribution in [0.15, 0.2) is 53.0 Å². The first-order valence-electron chi connectivity index (χ1n) is 6.35. The zero-order chi connectivity index (χ0) is 14.6. The Morgan fingerprint density at radius 3 is 2.55 bits per heavy atom. The fourth-order valence-electron chi connectivity index (χ4n) is 2.00. The van der Waals surface area contributed by atoms with Gasteiger partial charge in [0, 0.05) is 22.5 Å². The average Bonchev–Trinajstić information content (AvgIpc) is 2.49. The highest BCUT2D eigenvalue weighted by Gasteiger charge is 2.25. The van der Waals surface area contributed by atoms with Crippen molar-refractivity contribution < 1.29 is 4.39 Å². The third-order valence-corrected chi connectivity index (χ3v) is 4.38. The summed E-state index contributed by atoms with van der Waals surface area (Å²) in [6.07, 6.45) is 0. The van der Waals surface area contributed by atoms with Crippen LogP contribution in [0.2, 0.25) is 0 Å². The van der Waals surface area contributed by atoms with Crippen molar-refractivity contribution in [2.24, 2.45) is 0 Å². The minimum atomic E-state index is -0.391. The second-order valence-corrected chi connectivity index (χ2v) is 6.10. The van der Waals surface area contributed by atoms with E-state index in [-0.39, 0.29) is 5.82 Å². The van der Waals surface area contributed by atoms with Crippen molar-refractivity contribution in [3.8, 4) is 0 Å². The van der Waals surface area contributed by atoms with Gasteiger partial charge in [-0.3, -0.25) is 0 Å². The lowest BCUT2D eigenvalue weighted by Gasteiger charge is -2.29. The van der Waals surface area contributed by atoms with Crippen molar-refractivity contribution in [2.45, 2.75) is 19.0 Å². The standard InChI is InChI=1S/C16H16BrClFN/c1-16(11-18,13-5-3-2-4-6-13)20-10-12-9-14(17)7-8-15(12)19/h2-9,20H,10-11H2,1H3. The van der Waals surface area contributed by atoms with Gasteiger partial charge in [-0.2, -0.15) is 0 Å². The third kappa shape index (κ3) is 3.60. The molecule has 106 valence electrons. The van der Waals surface area contributed by atoms with Crippen LogP contribution in [0.25, 0.3) is 0 Å². The first-order valence-corrected chi connectivity index (χ1v) is 7.68. The van der Waals surface area contributed by atoms with Crippen LogP contribution in [0.3, 0.4) is 0 Å². The quantitative estimate of drug-likeness (QED) is 0.757. The minimum absolute atomic E-state index is 0.217. The van der Waals surface area contributed by atoms with Crippen LogP contribution < -0.4 is 5.32 Å². The molecule has 0 fully saturated rings. The molecule has 2 rings (SSSR count). The summed E-state index contributed by atoms with van der Waals surface area (Å²) in [6, 6.07) is 14.9. The predicted octanol–water partition coefficient (Wildman–Crippen LogP) is 4.83. The van der Waals surface area contributed by atoms with Gasteiger partial charge >= 0.3 is 0 Å². The molecule has 0 saturated heterocycles. The lowest BCUT2D eigenvalue weighted by molar-refractivity contribution is 0.401. The number of nitrogens with one attached hydrogen (secondary N) is 1. The summed E-state index contributed by atoms with van der Waals surface area (Å²) in [4.78, 5) is 0. The Kier molecular flexibility index (Phi) is 5.19. The Bertz CT molecular complexity index is 576. The van der Waals surface area contributed by atoms with E-state index in [1.165, 1.54) is 6.07 Å². The molecule has 0 bridgehead atoms. The fourth-order valence-corrected chi connectivity index (χ4v) is 2.66.